The van der Waals surface area contributed by atoms with Crippen LogP contribution in [0.2, 0.25) is 0 Å². The van der Waals surface area contributed by atoms with Crippen LogP contribution >= 0.6 is 0 Å². The molecule has 0 spiro atoms. The van der Waals surface area contributed by atoms with Crippen molar-refractivity contribution in [1.29, 1.82) is 0 Å². The topological polar surface area (TPSA) is 58.6 Å². The van der Waals surface area contributed by atoms with Crippen LogP contribution in [0.5, 0.6) is 5.75 Å². The van der Waals surface area contributed by atoms with E-state index in [0.717, 1.165) is 5.75 Å². The van der Waals surface area contributed by atoms with E-state index >= 15 is 0 Å². The van der Waals surface area contributed by atoms with E-state index in [-0.39, 0.29) is 12.5 Å². The number of amides is 1. The van der Waals surface area contributed by atoms with Crippen LogP contribution in [0.25, 0.3) is 0 Å². The monoisotopic (exact) mass is 265 g/mol. The van der Waals surface area contributed by atoms with Gasteiger partial charge < -0.3 is 15.2 Å². The zero-order valence-corrected chi connectivity index (χ0v) is 11.9. The number of nitrogens with one attached hydrogen (secondary N) is 1. The molecule has 1 aromatic rings. The van der Waals surface area contributed by atoms with Crippen molar-refractivity contribution in [3.8, 4) is 5.75 Å². The molecule has 0 saturated carbocycles. The van der Waals surface area contributed by atoms with Gasteiger partial charge in [-0.25, -0.2) is 0 Å². The van der Waals surface area contributed by atoms with Gasteiger partial charge in [-0.3, -0.25) is 4.79 Å². The summed E-state index contributed by atoms with van der Waals surface area (Å²) in [4.78, 5) is 11.5. The molecule has 1 amide bonds. The summed E-state index contributed by atoms with van der Waals surface area (Å²) < 4.78 is 5.53. The molecule has 19 heavy (non-hydrogen) atoms. The Labute approximate surface area is 114 Å². The minimum absolute atomic E-state index is 0.0605. The first-order valence-corrected chi connectivity index (χ1v) is 6.55. The number of rotatable bonds is 7. The van der Waals surface area contributed by atoms with E-state index in [1.807, 2.05) is 31.2 Å². The van der Waals surface area contributed by atoms with Crippen LogP contribution in [0.4, 0.5) is 0 Å². The molecule has 2 N–H and O–H groups in total. The van der Waals surface area contributed by atoms with E-state index in [1.165, 1.54) is 5.56 Å². The van der Waals surface area contributed by atoms with Crippen molar-refractivity contribution >= 4 is 5.91 Å². The second-order valence-electron chi connectivity index (χ2n) is 5.35. The fraction of sp³-hybridized carbons (Fsp3) is 0.533. The molecule has 0 heterocycles. The average Bonchev–Trinajstić information content (AvgIpc) is 2.33. The number of carbonyl (C=O) groups is 1. The molecule has 0 radical (unpaired) electrons. The van der Waals surface area contributed by atoms with Crippen LogP contribution < -0.4 is 10.1 Å². The van der Waals surface area contributed by atoms with Crippen molar-refractivity contribution < 1.29 is 14.6 Å². The summed E-state index contributed by atoms with van der Waals surface area (Å²) in [7, 11) is 0. The van der Waals surface area contributed by atoms with Crippen LogP contribution in [-0.4, -0.2) is 29.8 Å². The summed E-state index contributed by atoms with van der Waals surface area (Å²) in [5.74, 6) is 0.761. The highest BCUT2D eigenvalue weighted by Gasteiger charge is 2.13. The molecule has 0 bridgehead atoms. The van der Waals surface area contributed by atoms with Gasteiger partial charge >= 0.3 is 0 Å². The maximum Gasteiger partial charge on any atom is 0.220 e. The van der Waals surface area contributed by atoms with E-state index in [0.29, 0.717) is 19.4 Å². The minimum atomic E-state index is -0.867. The quantitative estimate of drug-likeness (QED) is 0.742. The molecule has 0 aliphatic carbocycles. The van der Waals surface area contributed by atoms with E-state index in [1.54, 1.807) is 13.8 Å². The second kappa shape index (κ2) is 7.14. The van der Waals surface area contributed by atoms with E-state index in [4.69, 9.17) is 4.74 Å². The Bertz CT molecular complexity index is 393. The maximum absolute atomic E-state index is 11.5. The highest BCUT2D eigenvalue weighted by Crippen LogP contribution is 2.11. The van der Waals surface area contributed by atoms with Crippen LogP contribution in [0.1, 0.15) is 32.3 Å². The normalized spacial score (nSPS) is 11.2. The summed E-state index contributed by atoms with van der Waals surface area (Å²) in [6.07, 6.45) is 1.06. The van der Waals surface area contributed by atoms with Gasteiger partial charge in [0.1, 0.15) is 5.75 Å². The van der Waals surface area contributed by atoms with Gasteiger partial charge in [0.25, 0.3) is 0 Å². The molecule has 106 valence electrons. The number of benzene rings is 1. The van der Waals surface area contributed by atoms with Crippen LogP contribution in [0.3, 0.4) is 0 Å². The molecule has 4 heteroatoms. The highest BCUT2D eigenvalue weighted by molar-refractivity contribution is 5.75. The first-order valence-electron chi connectivity index (χ1n) is 6.55. The van der Waals surface area contributed by atoms with Gasteiger partial charge in [0.05, 0.1) is 12.2 Å². The smallest absolute Gasteiger partial charge is 0.220 e. The predicted molar refractivity (Wildman–Crippen MR) is 75.2 cm³/mol. The summed E-state index contributed by atoms with van der Waals surface area (Å²) in [6.45, 7) is 6.13. The van der Waals surface area contributed by atoms with Crippen LogP contribution in [-0.2, 0) is 4.79 Å². The first kappa shape index (κ1) is 15.5. The third kappa shape index (κ3) is 7.47. The van der Waals surface area contributed by atoms with Gasteiger partial charge in [0.15, 0.2) is 0 Å². The Balaban J connectivity index is 2.13. The maximum atomic E-state index is 11.5. The Morgan fingerprint density at radius 1 is 1.32 bits per heavy atom. The third-order valence-electron chi connectivity index (χ3n) is 2.56. The van der Waals surface area contributed by atoms with Crippen molar-refractivity contribution in [2.75, 3.05) is 13.2 Å². The zero-order chi connectivity index (χ0) is 14.3. The molecule has 1 rings (SSSR count). The number of aryl methyl sites for hydroxylation is 1. The minimum Gasteiger partial charge on any atom is -0.494 e. The van der Waals surface area contributed by atoms with Crippen LogP contribution in [0, 0.1) is 6.92 Å². The van der Waals surface area contributed by atoms with E-state index in [2.05, 4.69) is 5.32 Å². The van der Waals surface area contributed by atoms with E-state index < -0.39 is 5.60 Å². The van der Waals surface area contributed by atoms with Gasteiger partial charge in [-0.1, -0.05) is 17.7 Å². The standard InChI is InChI=1S/C15H23NO3/c1-12-6-8-13(9-7-12)19-10-4-5-14(17)16-11-15(2,3)18/h6-9,18H,4-5,10-11H2,1-3H3,(H,16,17). The summed E-state index contributed by atoms with van der Waals surface area (Å²) in [6, 6.07) is 7.82. The Morgan fingerprint density at radius 2 is 1.95 bits per heavy atom. The molecule has 0 fully saturated rings. The third-order valence-corrected chi connectivity index (χ3v) is 2.56. The summed E-state index contributed by atoms with van der Waals surface area (Å²) in [5.41, 5.74) is 0.326. The first-order chi connectivity index (χ1) is 8.87. The van der Waals surface area contributed by atoms with Crippen molar-refractivity contribution in [3.63, 3.8) is 0 Å². The molecule has 0 saturated heterocycles. The molecule has 4 nitrogen and oxygen atoms in total. The van der Waals surface area contributed by atoms with E-state index in [9.17, 15) is 9.90 Å². The second-order valence-corrected chi connectivity index (χ2v) is 5.35. The molecule has 0 unspecified atom stereocenters. The van der Waals surface area contributed by atoms with Crippen molar-refractivity contribution in [1.82, 2.24) is 5.32 Å². The lowest BCUT2D eigenvalue weighted by molar-refractivity contribution is -0.122. The highest BCUT2D eigenvalue weighted by atomic mass is 16.5. The Kier molecular flexibility index (Phi) is 5.83. The Hall–Kier alpha value is -1.55. The molecule has 0 atom stereocenters. The van der Waals surface area contributed by atoms with Crippen molar-refractivity contribution in [3.05, 3.63) is 29.8 Å². The lowest BCUT2D eigenvalue weighted by atomic mass is 10.1. The fourth-order valence-corrected chi connectivity index (χ4v) is 1.46. The van der Waals surface area contributed by atoms with Crippen molar-refractivity contribution in [2.45, 2.75) is 39.2 Å². The SMILES string of the molecule is Cc1ccc(OCCCC(=O)NCC(C)(C)O)cc1. The number of aliphatic hydroxyl groups is 1. The number of hydrogen-bond donors (Lipinski definition) is 2. The van der Waals surface area contributed by atoms with Gasteiger partial charge in [0, 0.05) is 13.0 Å². The Morgan fingerprint density at radius 3 is 2.53 bits per heavy atom. The molecule has 0 aliphatic rings. The van der Waals surface area contributed by atoms with Gasteiger partial charge in [-0.05, 0) is 39.3 Å². The summed E-state index contributed by atoms with van der Waals surface area (Å²) >= 11 is 0. The van der Waals surface area contributed by atoms with Crippen LogP contribution in [0.15, 0.2) is 24.3 Å². The fourth-order valence-electron chi connectivity index (χ4n) is 1.46. The average molecular weight is 265 g/mol. The number of hydrogen-bond acceptors (Lipinski definition) is 3. The predicted octanol–water partition coefficient (Wildman–Crippen LogP) is 2.04. The molecule has 0 aromatic heterocycles. The summed E-state index contributed by atoms with van der Waals surface area (Å²) in [5, 5.41) is 12.2. The molecular formula is C15H23NO3. The van der Waals surface area contributed by atoms with Gasteiger partial charge in [0.2, 0.25) is 5.91 Å². The zero-order valence-electron chi connectivity index (χ0n) is 11.9. The largest absolute Gasteiger partial charge is 0.494 e. The van der Waals surface area contributed by atoms with Crippen molar-refractivity contribution in [2.24, 2.45) is 0 Å². The number of carbonyl (C=O) groups excluding carboxylic acids is 1. The van der Waals surface area contributed by atoms with Gasteiger partial charge in [-0.2, -0.15) is 0 Å². The molecule has 1 aromatic carbocycles. The lowest BCUT2D eigenvalue weighted by Gasteiger charge is -2.17. The lowest BCUT2D eigenvalue weighted by Crippen LogP contribution is -2.38. The van der Waals surface area contributed by atoms with Gasteiger partial charge in [-0.15, -0.1) is 0 Å². The number of ether oxygens (including phenoxy) is 1. The molecular weight excluding hydrogens is 242 g/mol. The molecule has 0 aliphatic heterocycles.